The van der Waals surface area contributed by atoms with Gasteiger partial charge in [0.2, 0.25) is 0 Å². The molecule has 0 bridgehead atoms. The lowest BCUT2D eigenvalue weighted by Gasteiger charge is -2.12. The zero-order valence-corrected chi connectivity index (χ0v) is 16.3. The van der Waals surface area contributed by atoms with Crippen LogP contribution in [0.1, 0.15) is 17.3 Å². The van der Waals surface area contributed by atoms with E-state index in [4.69, 9.17) is 4.74 Å². The molecule has 9 heteroatoms. The van der Waals surface area contributed by atoms with E-state index in [9.17, 15) is 18.8 Å². The van der Waals surface area contributed by atoms with Gasteiger partial charge in [-0.25, -0.2) is 18.7 Å². The summed E-state index contributed by atoms with van der Waals surface area (Å²) in [5.74, 6) is -2.01. The largest absolute Gasteiger partial charge is 0.449 e. The van der Waals surface area contributed by atoms with Crippen LogP contribution in [-0.2, 0) is 9.53 Å². The first kappa shape index (κ1) is 20.7. The van der Waals surface area contributed by atoms with Crippen LogP contribution in [0.2, 0.25) is 0 Å². The van der Waals surface area contributed by atoms with E-state index in [0.717, 1.165) is 0 Å². The third kappa shape index (κ3) is 4.69. The monoisotopic (exact) mass is 410 g/mol. The number of nitrogens with zero attached hydrogens (tertiary/aromatic N) is 2. The fourth-order valence-corrected chi connectivity index (χ4v) is 2.61. The number of benzene rings is 2. The molecule has 0 fully saturated rings. The van der Waals surface area contributed by atoms with Crippen molar-refractivity contribution in [3.63, 3.8) is 0 Å². The average molecular weight is 410 g/mol. The van der Waals surface area contributed by atoms with E-state index < -0.39 is 29.8 Å². The van der Waals surface area contributed by atoms with Crippen molar-refractivity contribution in [2.24, 2.45) is 0 Å². The second-order valence-corrected chi connectivity index (χ2v) is 6.29. The first-order valence-electron chi connectivity index (χ1n) is 9.03. The van der Waals surface area contributed by atoms with Gasteiger partial charge in [-0.2, -0.15) is 5.10 Å². The summed E-state index contributed by atoms with van der Waals surface area (Å²) in [7, 11) is 1.35. The summed E-state index contributed by atoms with van der Waals surface area (Å²) in [6.45, 7) is 1.34. The molecule has 0 radical (unpaired) electrons. The number of amides is 3. The molecule has 30 heavy (non-hydrogen) atoms. The molecule has 0 aliphatic heterocycles. The van der Waals surface area contributed by atoms with Crippen molar-refractivity contribution in [2.45, 2.75) is 13.0 Å². The van der Waals surface area contributed by atoms with E-state index >= 15 is 0 Å². The smallest absolute Gasteiger partial charge is 0.342 e. The molecule has 3 aromatic rings. The molecular formula is C21H19FN4O4. The van der Waals surface area contributed by atoms with Crippen LogP contribution in [0.25, 0.3) is 16.9 Å². The summed E-state index contributed by atoms with van der Waals surface area (Å²) in [5.41, 5.74) is 1.55. The van der Waals surface area contributed by atoms with Gasteiger partial charge in [0.1, 0.15) is 17.1 Å². The number of urea groups is 1. The molecular weight excluding hydrogens is 391 g/mol. The second kappa shape index (κ2) is 8.99. The third-order valence-electron chi connectivity index (χ3n) is 4.19. The molecule has 0 unspecified atom stereocenters. The van der Waals surface area contributed by atoms with Crippen molar-refractivity contribution in [3.8, 4) is 16.9 Å². The number of ether oxygens (including phenoxy) is 1. The third-order valence-corrected chi connectivity index (χ3v) is 4.19. The molecule has 3 rings (SSSR count). The van der Waals surface area contributed by atoms with Gasteiger partial charge in [0.25, 0.3) is 5.91 Å². The Labute approximate surface area is 171 Å². The predicted molar refractivity (Wildman–Crippen MR) is 106 cm³/mol. The minimum absolute atomic E-state index is 0.0880. The van der Waals surface area contributed by atoms with E-state index in [1.807, 2.05) is 23.5 Å². The lowest BCUT2D eigenvalue weighted by Crippen LogP contribution is -2.43. The molecule has 0 aliphatic carbocycles. The van der Waals surface area contributed by atoms with Crippen molar-refractivity contribution in [1.82, 2.24) is 20.4 Å². The number of hydrogen-bond donors (Lipinski definition) is 2. The molecule has 154 valence electrons. The molecule has 1 aromatic heterocycles. The summed E-state index contributed by atoms with van der Waals surface area (Å²) < 4.78 is 20.0. The summed E-state index contributed by atoms with van der Waals surface area (Å²) in [6.07, 6.45) is 0.246. The maximum Gasteiger partial charge on any atom is 0.342 e. The van der Waals surface area contributed by atoms with Gasteiger partial charge < -0.3 is 10.1 Å². The Hall–Kier alpha value is -4.01. The summed E-state index contributed by atoms with van der Waals surface area (Å²) in [4.78, 5) is 36.1. The normalized spacial score (nSPS) is 11.4. The van der Waals surface area contributed by atoms with E-state index in [2.05, 4.69) is 10.4 Å². The van der Waals surface area contributed by atoms with Crippen molar-refractivity contribution in [3.05, 3.63) is 72.2 Å². The highest BCUT2D eigenvalue weighted by Gasteiger charge is 2.25. The number of carbonyl (C=O) groups excluding carboxylic acids is 3. The SMILES string of the molecule is CNC(=O)NC(=O)[C@H](C)OC(=O)c1cn(-c2ccccc2)nc1-c1ccc(F)cc1. The second-order valence-electron chi connectivity index (χ2n) is 6.29. The topological polar surface area (TPSA) is 102 Å². The average Bonchev–Trinajstić information content (AvgIpc) is 3.20. The Morgan fingerprint density at radius 3 is 2.37 bits per heavy atom. The number of nitrogens with one attached hydrogen (secondary N) is 2. The van der Waals surface area contributed by atoms with E-state index in [0.29, 0.717) is 11.3 Å². The molecule has 1 heterocycles. The van der Waals surface area contributed by atoms with Crippen LogP contribution in [0.5, 0.6) is 0 Å². The minimum atomic E-state index is -1.23. The van der Waals surface area contributed by atoms with Crippen molar-refractivity contribution in [1.29, 1.82) is 0 Å². The molecule has 3 amide bonds. The number of para-hydroxylation sites is 1. The Morgan fingerprint density at radius 2 is 1.73 bits per heavy atom. The molecule has 0 spiro atoms. The molecule has 1 atom stereocenters. The maximum atomic E-state index is 13.3. The summed E-state index contributed by atoms with van der Waals surface area (Å²) >= 11 is 0. The molecule has 0 aliphatic rings. The van der Waals surface area contributed by atoms with Crippen molar-refractivity contribution >= 4 is 17.9 Å². The first-order valence-corrected chi connectivity index (χ1v) is 9.03. The van der Waals surface area contributed by atoms with Crippen LogP contribution in [0.4, 0.5) is 9.18 Å². The number of halogens is 1. The number of hydrogen-bond acceptors (Lipinski definition) is 5. The quantitative estimate of drug-likeness (QED) is 0.630. The molecule has 8 nitrogen and oxygen atoms in total. The Balaban J connectivity index is 1.92. The zero-order chi connectivity index (χ0) is 21.7. The standard InChI is InChI=1S/C21H19FN4O4/c1-13(19(27)24-21(29)23-2)30-20(28)17-12-26(16-6-4-3-5-7-16)25-18(17)14-8-10-15(22)11-9-14/h3-13H,1-2H3,(H2,23,24,27,29)/t13-/m0/s1. The summed E-state index contributed by atoms with van der Waals surface area (Å²) in [5, 5.41) is 8.72. The van der Waals surface area contributed by atoms with Gasteiger partial charge >= 0.3 is 12.0 Å². The van der Waals surface area contributed by atoms with Gasteiger partial charge in [0.15, 0.2) is 6.10 Å². The fraction of sp³-hybridized carbons (Fsp3) is 0.143. The highest BCUT2D eigenvalue weighted by atomic mass is 19.1. The lowest BCUT2D eigenvalue weighted by atomic mass is 10.1. The van der Waals surface area contributed by atoms with Gasteiger partial charge in [-0.15, -0.1) is 0 Å². The van der Waals surface area contributed by atoms with Crippen LogP contribution >= 0.6 is 0 Å². The molecule has 2 N–H and O–H groups in total. The van der Waals surface area contributed by atoms with Gasteiger partial charge in [0.05, 0.1) is 5.69 Å². The number of esters is 1. The molecule has 0 saturated carbocycles. The number of aromatic nitrogens is 2. The van der Waals surface area contributed by atoms with E-state index in [1.165, 1.54) is 49.1 Å². The number of imide groups is 1. The maximum absolute atomic E-state index is 13.3. The lowest BCUT2D eigenvalue weighted by molar-refractivity contribution is -0.127. The van der Waals surface area contributed by atoms with Gasteiger partial charge in [-0.05, 0) is 43.3 Å². The van der Waals surface area contributed by atoms with Crippen LogP contribution in [0, 0.1) is 5.82 Å². The molecule has 0 saturated heterocycles. The van der Waals surface area contributed by atoms with Crippen molar-refractivity contribution in [2.75, 3.05) is 7.05 Å². The Bertz CT molecular complexity index is 1060. The summed E-state index contributed by atoms with van der Waals surface area (Å²) in [6, 6.07) is 13.9. The van der Waals surface area contributed by atoms with Crippen LogP contribution in [-0.4, -0.2) is 40.8 Å². The minimum Gasteiger partial charge on any atom is -0.449 e. The van der Waals surface area contributed by atoms with Crippen LogP contribution in [0.3, 0.4) is 0 Å². The van der Waals surface area contributed by atoms with Gasteiger partial charge in [0, 0.05) is 18.8 Å². The first-order chi connectivity index (χ1) is 14.4. The van der Waals surface area contributed by atoms with Crippen LogP contribution in [0.15, 0.2) is 60.8 Å². The van der Waals surface area contributed by atoms with Crippen LogP contribution < -0.4 is 10.6 Å². The van der Waals surface area contributed by atoms with Gasteiger partial charge in [-0.3, -0.25) is 10.1 Å². The fourth-order valence-electron chi connectivity index (χ4n) is 2.61. The van der Waals surface area contributed by atoms with Gasteiger partial charge in [-0.1, -0.05) is 18.2 Å². The Kier molecular flexibility index (Phi) is 6.21. The predicted octanol–water partition coefficient (Wildman–Crippen LogP) is 2.68. The molecule has 2 aromatic carbocycles. The zero-order valence-electron chi connectivity index (χ0n) is 16.3. The van der Waals surface area contributed by atoms with Crippen molar-refractivity contribution < 1.29 is 23.5 Å². The van der Waals surface area contributed by atoms with E-state index in [1.54, 1.807) is 12.1 Å². The van der Waals surface area contributed by atoms with E-state index in [-0.39, 0.29) is 11.3 Å². The highest BCUT2D eigenvalue weighted by molar-refractivity contribution is 6.00. The number of rotatable bonds is 5. The highest BCUT2D eigenvalue weighted by Crippen LogP contribution is 2.25. The Morgan fingerprint density at radius 1 is 1.07 bits per heavy atom. The number of carbonyl (C=O) groups is 3.